The number of fused-ring (bicyclic) bond motifs is 3. The molecule has 0 radical (unpaired) electrons. The van der Waals surface area contributed by atoms with Crippen LogP contribution in [0.4, 0.5) is 11.4 Å². The van der Waals surface area contributed by atoms with Crippen LogP contribution in [0.15, 0.2) is 101 Å². The van der Waals surface area contributed by atoms with Crippen molar-refractivity contribution < 1.29 is 4.42 Å². The fraction of sp³-hybridized carbons (Fsp3) is 0. The van der Waals surface area contributed by atoms with Crippen LogP contribution in [-0.2, 0) is 0 Å². The van der Waals surface area contributed by atoms with Crippen LogP contribution in [-0.4, -0.2) is 0 Å². The average molecular weight is 335 g/mol. The van der Waals surface area contributed by atoms with Crippen molar-refractivity contribution in [2.24, 2.45) is 0 Å². The predicted molar refractivity (Wildman–Crippen MR) is 109 cm³/mol. The third-order valence-electron chi connectivity index (χ3n) is 4.65. The smallest absolute Gasteiger partial charge is 0.136 e. The first kappa shape index (κ1) is 14.8. The molecule has 124 valence electrons. The van der Waals surface area contributed by atoms with E-state index in [4.69, 9.17) is 4.42 Å². The van der Waals surface area contributed by atoms with Crippen molar-refractivity contribution in [1.82, 2.24) is 0 Å². The van der Waals surface area contributed by atoms with Crippen molar-refractivity contribution in [2.75, 3.05) is 5.32 Å². The summed E-state index contributed by atoms with van der Waals surface area (Å²) < 4.78 is 6.09. The minimum Gasteiger partial charge on any atom is -0.456 e. The van der Waals surface area contributed by atoms with E-state index in [-0.39, 0.29) is 0 Å². The summed E-state index contributed by atoms with van der Waals surface area (Å²) in [7, 11) is 0. The van der Waals surface area contributed by atoms with Gasteiger partial charge < -0.3 is 9.73 Å². The highest BCUT2D eigenvalue weighted by atomic mass is 16.3. The normalized spacial score (nSPS) is 11.1. The number of anilines is 2. The number of rotatable bonds is 3. The van der Waals surface area contributed by atoms with Crippen molar-refractivity contribution in [3.05, 3.63) is 97.1 Å². The van der Waals surface area contributed by atoms with Gasteiger partial charge in [-0.1, -0.05) is 66.7 Å². The van der Waals surface area contributed by atoms with Gasteiger partial charge in [-0.2, -0.15) is 0 Å². The summed E-state index contributed by atoms with van der Waals surface area (Å²) in [4.78, 5) is 0. The topological polar surface area (TPSA) is 25.2 Å². The lowest BCUT2D eigenvalue weighted by molar-refractivity contribution is 0.669. The second-order valence-electron chi connectivity index (χ2n) is 6.35. The predicted octanol–water partition coefficient (Wildman–Crippen LogP) is 7.00. The van der Waals surface area contributed by atoms with E-state index in [0.29, 0.717) is 0 Å². The first-order chi connectivity index (χ1) is 12.9. The molecule has 2 nitrogen and oxygen atoms in total. The zero-order valence-electron chi connectivity index (χ0n) is 14.1. The number of nitrogens with one attached hydrogen (secondary N) is 1. The van der Waals surface area contributed by atoms with E-state index < -0.39 is 0 Å². The van der Waals surface area contributed by atoms with Gasteiger partial charge in [0.1, 0.15) is 11.2 Å². The molecule has 1 N–H and O–H groups in total. The SMILES string of the molecule is c1ccc(Nc2cc3c(cc2-c2ccccc2)oc2ccccc23)cc1. The molecule has 0 atom stereocenters. The summed E-state index contributed by atoms with van der Waals surface area (Å²) in [5, 5.41) is 5.84. The molecule has 5 aromatic rings. The van der Waals surface area contributed by atoms with E-state index in [1.807, 2.05) is 42.5 Å². The van der Waals surface area contributed by atoms with Crippen LogP contribution in [0.25, 0.3) is 33.1 Å². The van der Waals surface area contributed by atoms with Gasteiger partial charge in [0.05, 0.1) is 0 Å². The van der Waals surface area contributed by atoms with E-state index in [2.05, 4.69) is 59.9 Å². The molecule has 0 aliphatic carbocycles. The molecule has 0 amide bonds. The zero-order chi connectivity index (χ0) is 17.3. The van der Waals surface area contributed by atoms with Gasteiger partial charge >= 0.3 is 0 Å². The molecule has 4 aromatic carbocycles. The van der Waals surface area contributed by atoms with Gasteiger partial charge in [0, 0.05) is 27.7 Å². The molecule has 0 fully saturated rings. The zero-order valence-corrected chi connectivity index (χ0v) is 14.1. The molecule has 0 bridgehead atoms. The molecule has 0 spiro atoms. The van der Waals surface area contributed by atoms with Gasteiger partial charge in [-0.25, -0.2) is 0 Å². The Morgan fingerprint density at radius 2 is 1.27 bits per heavy atom. The summed E-state index contributed by atoms with van der Waals surface area (Å²) in [6, 6.07) is 33.2. The van der Waals surface area contributed by atoms with Crippen LogP contribution in [0.2, 0.25) is 0 Å². The maximum absolute atomic E-state index is 6.09. The van der Waals surface area contributed by atoms with Crippen LogP contribution in [0.1, 0.15) is 0 Å². The third-order valence-corrected chi connectivity index (χ3v) is 4.65. The van der Waals surface area contributed by atoms with E-state index in [9.17, 15) is 0 Å². The van der Waals surface area contributed by atoms with E-state index in [1.54, 1.807) is 0 Å². The minimum atomic E-state index is 0.906. The number of furan rings is 1. The first-order valence-electron chi connectivity index (χ1n) is 8.71. The quantitative estimate of drug-likeness (QED) is 0.384. The lowest BCUT2D eigenvalue weighted by Gasteiger charge is -2.13. The van der Waals surface area contributed by atoms with Gasteiger partial charge in [0.15, 0.2) is 0 Å². The molecule has 0 unspecified atom stereocenters. The summed E-state index contributed by atoms with van der Waals surface area (Å²) >= 11 is 0. The number of hydrogen-bond acceptors (Lipinski definition) is 2. The lowest BCUT2D eigenvalue weighted by Crippen LogP contribution is -1.93. The number of benzene rings is 4. The number of para-hydroxylation sites is 2. The van der Waals surface area contributed by atoms with Crippen molar-refractivity contribution >= 4 is 33.3 Å². The molecular weight excluding hydrogens is 318 g/mol. The molecule has 1 aromatic heterocycles. The van der Waals surface area contributed by atoms with Gasteiger partial charge in [-0.15, -0.1) is 0 Å². The monoisotopic (exact) mass is 335 g/mol. The highest BCUT2D eigenvalue weighted by Crippen LogP contribution is 2.38. The Bertz CT molecular complexity index is 1190. The molecule has 0 saturated heterocycles. The van der Waals surface area contributed by atoms with Gasteiger partial charge in [-0.3, -0.25) is 0 Å². The highest BCUT2D eigenvalue weighted by Gasteiger charge is 2.13. The Balaban J connectivity index is 1.77. The Labute approximate surface area is 151 Å². The molecule has 1 heterocycles. The molecular formula is C24H17NO. The third kappa shape index (κ3) is 2.52. The van der Waals surface area contributed by atoms with E-state index in [0.717, 1.165) is 44.4 Å². The highest BCUT2D eigenvalue weighted by molar-refractivity contribution is 6.08. The van der Waals surface area contributed by atoms with Crippen molar-refractivity contribution in [3.8, 4) is 11.1 Å². The van der Waals surface area contributed by atoms with Crippen LogP contribution in [0, 0.1) is 0 Å². The Morgan fingerprint density at radius 1 is 0.577 bits per heavy atom. The second kappa shape index (κ2) is 6.08. The van der Waals surface area contributed by atoms with Crippen LogP contribution in [0.5, 0.6) is 0 Å². The van der Waals surface area contributed by atoms with E-state index >= 15 is 0 Å². The standard InChI is InChI=1S/C24H17NO/c1-3-9-17(10-4-1)20-16-24-21(19-13-7-8-14-23(19)26-24)15-22(20)25-18-11-5-2-6-12-18/h1-16,25H. The molecule has 0 aliphatic heterocycles. The summed E-state index contributed by atoms with van der Waals surface area (Å²) in [6.45, 7) is 0. The van der Waals surface area contributed by atoms with E-state index in [1.165, 1.54) is 0 Å². The van der Waals surface area contributed by atoms with Crippen LogP contribution < -0.4 is 5.32 Å². The van der Waals surface area contributed by atoms with Crippen molar-refractivity contribution in [1.29, 1.82) is 0 Å². The molecule has 5 rings (SSSR count). The molecule has 0 aliphatic rings. The lowest BCUT2D eigenvalue weighted by atomic mass is 10.0. The molecule has 0 saturated carbocycles. The largest absolute Gasteiger partial charge is 0.456 e. The van der Waals surface area contributed by atoms with Crippen molar-refractivity contribution in [2.45, 2.75) is 0 Å². The average Bonchev–Trinajstić information content (AvgIpc) is 3.06. The maximum atomic E-state index is 6.09. The first-order valence-corrected chi connectivity index (χ1v) is 8.71. The van der Waals surface area contributed by atoms with Gasteiger partial charge in [0.2, 0.25) is 0 Å². The fourth-order valence-corrected chi connectivity index (χ4v) is 3.41. The van der Waals surface area contributed by atoms with Crippen LogP contribution >= 0.6 is 0 Å². The second-order valence-corrected chi connectivity index (χ2v) is 6.35. The Kier molecular flexibility index (Phi) is 3.46. The Morgan fingerprint density at radius 3 is 2.08 bits per heavy atom. The number of hydrogen-bond donors (Lipinski definition) is 1. The molecule has 2 heteroatoms. The summed E-state index contributed by atoms with van der Waals surface area (Å²) in [5.74, 6) is 0. The minimum absolute atomic E-state index is 0.906. The Hall–Kier alpha value is -3.52. The molecule has 26 heavy (non-hydrogen) atoms. The van der Waals surface area contributed by atoms with Gasteiger partial charge in [-0.05, 0) is 35.9 Å². The maximum Gasteiger partial charge on any atom is 0.136 e. The van der Waals surface area contributed by atoms with Crippen molar-refractivity contribution in [3.63, 3.8) is 0 Å². The summed E-state index contributed by atoms with van der Waals surface area (Å²) in [6.07, 6.45) is 0. The van der Waals surface area contributed by atoms with Gasteiger partial charge in [0.25, 0.3) is 0 Å². The summed E-state index contributed by atoms with van der Waals surface area (Å²) in [5.41, 5.74) is 6.25. The van der Waals surface area contributed by atoms with Crippen LogP contribution in [0.3, 0.4) is 0 Å². The fourth-order valence-electron chi connectivity index (χ4n) is 3.41.